The van der Waals surface area contributed by atoms with Crippen molar-refractivity contribution in [2.45, 2.75) is 53.0 Å². The first-order valence-corrected chi connectivity index (χ1v) is 12.1. The van der Waals surface area contributed by atoms with Gasteiger partial charge in [-0.3, -0.25) is 14.4 Å². The average Bonchev–Trinajstić information content (AvgIpc) is 3.14. The van der Waals surface area contributed by atoms with Crippen LogP contribution in [0.2, 0.25) is 0 Å². The van der Waals surface area contributed by atoms with E-state index in [1.54, 1.807) is 4.90 Å². The van der Waals surface area contributed by atoms with Gasteiger partial charge in [0.2, 0.25) is 5.91 Å². The Balaban J connectivity index is 2.37. The van der Waals surface area contributed by atoms with Crippen LogP contribution in [0.25, 0.3) is 0 Å². The summed E-state index contributed by atoms with van der Waals surface area (Å²) < 4.78 is 3.97. The Hall–Kier alpha value is -2.94. The van der Waals surface area contributed by atoms with Gasteiger partial charge >= 0.3 is 0 Å². The van der Waals surface area contributed by atoms with Crippen LogP contribution in [-0.4, -0.2) is 46.1 Å². The standard InChI is InChI=1S/C24H35N5O3S/c1-15(2)10-12-27-23(31)18(14-16(3)4)29(13-11-17-8-6-5-7-9-17)24(32)21-19(25)20(22(26)30)28-33-21/h5-9,15-16,18H,10-14,25H2,1-4H3,(H2,26,30)(H,27,31). The zero-order chi connectivity index (χ0) is 24.5. The Bertz CT molecular complexity index is 943. The van der Waals surface area contributed by atoms with Crippen molar-refractivity contribution >= 4 is 34.9 Å². The van der Waals surface area contributed by atoms with Gasteiger partial charge in [-0.2, -0.15) is 4.37 Å². The first kappa shape index (κ1) is 26.3. The molecule has 1 aromatic heterocycles. The summed E-state index contributed by atoms with van der Waals surface area (Å²) in [5.41, 5.74) is 12.3. The molecule has 0 aliphatic carbocycles. The molecule has 1 heterocycles. The summed E-state index contributed by atoms with van der Waals surface area (Å²) in [5.74, 6) is -0.766. The molecule has 0 spiro atoms. The number of hydrogen-bond acceptors (Lipinski definition) is 6. The van der Waals surface area contributed by atoms with Gasteiger partial charge in [0.05, 0.1) is 5.69 Å². The molecule has 0 radical (unpaired) electrons. The van der Waals surface area contributed by atoms with Gasteiger partial charge in [0.15, 0.2) is 5.69 Å². The monoisotopic (exact) mass is 473 g/mol. The Morgan fingerprint density at radius 1 is 1.09 bits per heavy atom. The summed E-state index contributed by atoms with van der Waals surface area (Å²) in [6, 6.07) is 9.09. The van der Waals surface area contributed by atoms with Crippen molar-refractivity contribution in [1.82, 2.24) is 14.6 Å². The van der Waals surface area contributed by atoms with E-state index in [9.17, 15) is 14.4 Å². The molecule has 0 aliphatic heterocycles. The maximum Gasteiger partial charge on any atom is 0.270 e. The molecule has 0 saturated heterocycles. The number of nitrogens with zero attached hydrogens (tertiary/aromatic N) is 2. The summed E-state index contributed by atoms with van der Waals surface area (Å²) in [4.78, 5) is 40.1. The number of carbonyl (C=O) groups excluding carboxylic acids is 3. The zero-order valence-corrected chi connectivity index (χ0v) is 20.7. The summed E-state index contributed by atoms with van der Waals surface area (Å²) in [6.45, 7) is 9.08. The second kappa shape index (κ2) is 12.3. The number of carbonyl (C=O) groups is 3. The van der Waals surface area contributed by atoms with Crippen molar-refractivity contribution < 1.29 is 14.4 Å². The Labute approximate surface area is 199 Å². The van der Waals surface area contributed by atoms with E-state index in [2.05, 4.69) is 23.5 Å². The van der Waals surface area contributed by atoms with Gasteiger partial charge in [0.1, 0.15) is 10.9 Å². The fraction of sp³-hybridized carbons (Fsp3) is 0.500. The van der Waals surface area contributed by atoms with Gasteiger partial charge in [0, 0.05) is 13.1 Å². The number of rotatable bonds is 12. The summed E-state index contributed by atoms with van der Waals surface area (Å²) in [5, 5.41) is 2.99. The quantitative estimate of drug-likeness (QED) is 0.436. The molecule has 0 bridgehead atoms. The molecule has 33 heavy (non-hydrogen) atoms. The highest BCUT2D eigenvalue weighted by Gasteiger charge is 2.33. The predicted molar refractivity (Wildman–Crippen MR) is 132 cm³/mol. The minimum atomic E-state index is -0.788. The molecule has 3 amide bonds. The molecule has 1 aromatic carbocycles. The maximum absolute atomic E-state index is 13.6. The van der Waals surface area contributed by atoms with Crippen molar-refractivity contribution in [3.63, 3.8) is 0 Å². The van der Waals surface area contributed by atoms with Gasteiger partial charge in [-0.15, -0.1) is 0 Å². The summed E-state index contributed by atoms with van der Waals surface area (Å²) in [7, 11) is 0. The molecular formula is C24H35N5O3S. The lowest BCUT2D eigenvalue weighted by Gasteiger charge is -2.32. The van der Waals surface area contributed by atoms with E-state index < -0.39 is 17.9 Å². The first-order chi connectivity index (χ1) is 15.6. The molecule has 0 saturated carbocycles. The van der Waals surface area contributed by atoms with Crippen LogP contribution in [-0.2, 0) is 11.2 Å². The van der Waals surface area contributed by atoms with E-state index in [4.69, 9.17) is 11.5 Å². The molecule has 8 nitrogen and oxygen atoms in total. The third kappa shape index (κ3) is 7.56. The molecule has 1 unspecified atom stereocenters. The largest absolute Gasteiger partial charge is 0.395 e. The van der Waals surface area contributed by atoms with E-state index in [1.807, 2.05) is 44.2 Å². The number of nitrogens with two attached hydrogens (primary N) is 2. The minimum absolute atomic E-state index is 0.0364. The van der Waals surface area contributed by atoms with Crippen LogP contribution in [0.3, 0.4) is 0 Å². The molecule has 1 atom stereocenters. The molecule has 0 aliphatic rings. The smallest absolute Gasteiger partial charge is 0.270 e. The number of amides is 3. The molecule has 0 fully saturated rings. The molecule has 5 N–H and O–H groups in total. The second-order valence-corrected chi connectivity index (χ2v) is 9.76. The predicted octanol–water partition coefficient (Wildman–Crippen LogP) is 3.09. The number of anilines is 1. The van der Waals surface area contributed by atoms with Crippen molar-refractivity contribution in [3.8, 4) is 0 Å². The fourth-order valence-electron chi connectivity index (χ4n) is 3.48. The summed E-state index contributed by atoms with van der Waals surface area (Å²) >= 11 is 0.834. The molecule has 180 valence electrons. The highest BCUT2D eigenvalue weighted by atomic mass is 32.1. The minimum Gasteiger partial charge on any atom is -0.395 e. The molecular weight excluding hydrogens is 438 g/mol. The number of aromatic nitrogens is 1. The van der Waals surface area contributed by atoms with Crippen molar-refractivity contribution in [2.24, 2.45) is 17.6 Å². The van der Waals surface area contributed by atoms with Gasteiger partial charge in [0.25, 0.3) is 11.8 Å². The number of benzene rings is 1. The fourth-order valence-corrected chi connectivity index (χ4v) is 4.24. The first-order valence-electron chi connectivity index (χ1n) is 11.3. The van der Waals surface area contributed by atoms with Crippen LogP contribution in [0.15, 0.2) is 30.3 Å². The average molecular weight is 474 g/mol. The lowest BCUT2D eigenvalue weighted by Crippen LogP contribution is -2.51. The van der Waals surface area contributed by atoms with E-state index in [0.29, 0.717) is 31.8 Å². The Morgan fingerprint density at radius 3 is 2.30 bits per heavy atom. The molecule has 9 heteroatoms. The molecule has 2 rings (SSSR count). The SMILES string of the molecule is CC(C)CCNC(=O)C(CC(C)C)N(CCc1ccccc1)C(=O)c1snc(C(N)=O)c1N. The van der Waals surface area contributed by atoms with Crippen LogP contribution >= 0.6 is 11.5 Å². The van der Waals surface area contributed by atoms with Crippen molar-refractivity contribution in [3.05, 3.63) is 46.5 Å². The van der Waals surface area contributed by atoms with E-state index in [0.717, 1.165) is 23.5 Å². The number of nitrogen functional groups attached to an aromatic ring is 1. The zero-order valence-electron chi connectivity index (χ0n) is 19.8. The van der Waals surface area contributed by atoms with Crippen molar-refractivity contribution in [2.75, 3.05) is 18.8 Å². The van der Waals surface area contributed by atoms with Crippen LogP contribution < -0.4 is 16.8 Å². The van der Waals surface area contributed by atoms with E-state index >= 15 is 0 Å². The number of hydrogen-bond donors (Lipinski definition) is 3. The van der Waals surface area contributed by atoms with Gasteiger partial charge in [-0.25, -0.2) is 0 Å². The lowest BCUT2D eigenvalue weighted by molar-refractivity contribution is -0.126. The summed E-state index contributed by atoms with van der Waals surface area (Å²) in [6.07, 6.45) is 1.92. The third-order valence-electron chi connectivity index (χ3n) is 5.30. The lowest BCUT2D eigenvalue weighted by atomic mass is 10.00. The second-order valence-electron chi connectivity index (χ2n) is 8.99. The highest BCUT2D eigenvalue weighted by molar-refractivity contribution is 7.09. The van der Waals surface area contributed by atoms with Crippen molar-refractivity contribution in [1.29, 1.82) is 0 Å². The number of nitrogens with one attached hydrogen (secondary N) is 1. The number of primary amides is 1. The van der Waals surface area contributed by atoms with Crippen LogP contribution in [0.1, 0.15) is 66.3 Å². The normalized spacial score (nSPS) is 12.1. The Morgan fingerprint density at radius 2 is 1.76 bits per heavy atom. The van der Waals surface area contributed by atoms with E-state index in [1.165, 1.54) is 0 Å². The van der Waals surface area contributed by atoms with Gasteiger partial charge in [-0.1, -0.05) is 58.0 Å². The van der Waals surface area contributed by atoms with Crippen LogP contribution in [0.5, 0.6) is 0 Å². The third-order valence-corrected chi connectivity index (χ3v) is 6.15. The van der Waals surface area contributed by atoms with Crippen LogP contribution in [0.4, 0.5) is 5.69 Å². The maximum atomic E-state index is 13.6. The van der Waals surface area contributed by atoms with Crippen LogP contribution in [0, 0.1) is 11.8 Å². The highest BCUT2D eigenvalue weighted by Crippen LogP contribution is 2.25. The molecule has 2 aromatic rings. The Kier molecular flexibility index (Phi) is 9.84. The van der Waals surface area contributed by atoms with Gasteiger partial charge < -0.3 is 21.7 Å². The van der Waals surface area contributed by atoms with E-state index in [-0.39, 0.29) is 28.1 Å². The topological polar surface area (TPSA) is 131 Å². The van der Waals surface area contributed by atoms with Gasteiger partial charge in [-0.05, 0) is 48.2 Å².